The number of nitro groups is 1. The number of morpholine rings is 1. The van der Waals surface area contributed by atoms with Gasteiger partial charge in [-0.15, -0.1) is 0 Å². The predicted molar refractivity (Wildman–Crippen MR) is 76.9 cm³/mol. The molecule has 10 nitrogen and oxygen atoms in total. The lowest BCUT2D eigenvalue weighted by Crippen LogP contribution is -2.37. The summed E-state index contributed by atoms with van der Waals surface area (Å²) >= 11 is 0. The summed E-state index contributed by atoms with van der Waals surface area (Å²) in [6.45, 7) is 4.87. The molecule has 2 heterocycles. The molecule has 0 aromatic carbocycles. The lowest BCUT2D eigenvalue weighted by molar-refractivity contribution is -0.384. The van der Waals surface area contributed by atoms with Crippen LogP contribution in [0.5, 0.6) is 0 Å². The first-order chi connectivity index (χ1) is 10.2. The summed E-state index contributed by atoms with van der Waals surface area (Å²) in [7, 11) is 0. The van der Waals surface area contributed by atoms with Crippen molar-refractivity contribution in [2.45, 2.75) is 6.42 Å². The Morgan fingerprint density at radius 3 is 2.90 bits per heavy atom. The van der Waals surface area contributed by atoms with E-state index in [9.17, 15) is 10.1 Å². The van der Waals surface area contributed by atoms with Crippen molar-refractivity contribution < 1.29 is 9.66 Å². The SMILES string of the molecule is NNc1ncc([N+](=O)[O-])c(NCCCN2CCOCC2)n1. The van der Waals surface area contributed by atoms with E-state index in [0.29, 0.717) is 6.54 Å². The molecule has 21 heavy (non-hydrogen) atoms. The minimum Gasteiger partial charge on any atom is -0.379 e. The summed E-state index contributed by atoms with van der Waals surface area (Å²) in [4.78, 5) is 20.4. The van der Waals surface area contributed by atoms with Crippen molar-refractivity contribution in [3.8, 4) is 0 Å². The van der Waals surface area contributed by atoms with Gasteiger partial charge in [0.15, 0.2) is 0 Å². The Kier molecular flexibility index (Phi) is 5.60. The molecule has 1 aromatic rings. The molecule has 0 saturated carbocycles. The summed E-state index contributed by atoms with van der Waals surface area (Å²) in [6.07, 6.45) is 1.99. The number of hydrazine groups is 1. The number of hydrogen-bond acceptors (Lipinski definition) is 9. The van der Waals surface area contributed by atoms with E-state index in [1.807, 2.05) is 0 Å². The van der Waals surface area contributed by atoms with Crippen molar-refractivity contribution in [1.29, 1.82) is 0 Å². The van der Waals surface area contributed by atoms with Crippen molar-refractivity contribution >= 4 is 17.5 Å². The molecule has 1 aromatic heterocycles. The van der Waals surface area contributed by atoms with Crippen LogP contribution in [0.1, 0.15) is 6.42 Å². The van der Waals surface area contributed by atoms with Crippen molar-refractivity contribution in [2.75, 3.05) is 50.1 Å². The number of nitrogens with one attached hydrogen (secondary N) is 2. The monoisotopic (exact) mass is 297 g/mol. The van der Waals surface area contributed by atoms with Gasteiger partial charge in [-0.25, -0.2) is 10.8 Å². The molecule has 1 saturated heterocycles. The van der Waals surface area contributed by atoms with Gasteiger partial charge in [0.1, 0.15) is 6.20 Å². The summed E-state index contributed by atoms with van der Waals surface area (Å²) in [6, 6.07) is 0. The number of ether oxygens (including phenoxy) is 1. The van der Waals surface area contributed by atoms with Crippen LogP contribution in [0, 0.1) is 10.1 Å². The fourth-order valence-electron chi connectivity index (χ4n) is 2.04. The number of rotatable bonds is 7. The third-order valence-electron chi connectivity index (χ3n) is 3.14. The lowest BCUT2D eigenvalue weighted by atomic mass is 10.3. The topological polar surface area (TPSA) is 131 Å². The molecule has 0 spiro atoms. The number of nitrogen functional groups attached to an aromatic ring is 1. The van der Waals surface area contributed by atoms with Gasteiger partial charge in [0.25, 0.3) is 0 Å². The fourth-order valence-corrected chi connectivity index (χ4v) is 2.04. The summed E-state index contributed by atoms with van der Waals surface area (Å²) in [5.74, 6) is 5.51. The fraction of sp³-hybridized carbons (Fsp3) is 0.636. The Hall–Kier alpha value is -2.04. The molecule has 116 valence electrons. The second kappa shape index (κ2) is 7.67. The predicted octanol–water partition coefficient (Wildman–Crippen LogP) is -0.195. The third-order valence-corrected chi connectivity index (χ3v) is 3.14. The summed E-state index contributed by atoms with van der Waals surface area (Å²) < 4.78 is 5.27. The Morgan fingerprint density at radius 1 is 1.48 bits per heavy atom. The molecule has 0 bridgehead atoms. The largest absolute Gasteiger partial charge is 0.379 e. The van der Waals surface area contributed by atoms with E-state index in [1.54, 1.807) is 0 Å². The molecule has 1 aliphatic heterocycles. The molecule has 2 rings (SSSR count). The van der Waals surface area contributed by atoms with Crippen molar-refractivity contribution in [1.82, 2.24) is 14.9 Å². The maximum absolute atomic E-state index is 10.9. The van der Waals surface area contributed by atoms with Gasteiger partial charge in [-0.1, -0.05) is 0 Å². The number of aromatic nitrogens is 2. The Morgan fingerprint density at radius 2 is 2.24 bits per heavy atom. The number of anilines is 2. The second-order valence-corrected chi connectivity index (χ2v) is 4.56. The first-order valence-electron chi connectivity index (χ1n) is 6.72. The maximum Gasteiger partial charge on any atom is 0.329 e. The van der Waals surface area contributed by atoms with E-state index in [4.69, 9.17) is 10.6 Å². The molecule has 10 heteroatoms. The van der Waals surface area contributed by atoms with Gasteiger partial charge in [-0.05, 0) is 13.0 Å². The van der Waals surface area contributed by atoms with Crippen LogP contribution in [0.15, 0.2) is 6.20 Å². The van der Waals surface area contributed by atoms with E-state index in [2.05, 4.69) is 25.6 Å². The highest BCUT2D eigenvalue weighted by Crippen LogP contribution is 2.21. The van der Waals surface area contributed by atoms with E-state index in [0.717, 1.165) is 45.5 Å². The highest BCUT2D eigenvalue weighted by Gasteiger charge is 2.17. The van der Waals surface area contributed by atoms with E-state index >= 15 is 0 Å². The Labute approximate surface area is 121 Å². The zero-order valence-electron chi connectivity index (χ0n) is 11.6. The molecule has 0 atom stereocenters. The molecular formula is C11H19N7O3. The van der Waals surface area contributed by atoms with Crippen molar-refractivity contribution in [2.24, 2.45) is 5.84 Å². The summed E-state index contributed by atoms with van der Waals surface area (Å²) in [5, 5.41) is 13.9. The van der Waals surface area contributed by atoms with Gasteiger partial charge >= 0.3 is 5.69 Å². The van der Waals surface area contributed by atoms with Gasteiger partial charge < -0.3 is 10.1 Å². The minimum atomic E-state index is -0.523. The molecule has 0 radical (unpaired) electrons. The first kappa shape index (κ1) is 15.4. The van der Waals surface area contributed by atoms with Gasteiger partial charge in [0.05, 0.1) is 18.1 Å². The van der Waals surface area contributed by atoms with E-state index < -0.39 is 4.92 Å². The molecule has 4 N–H and O–H groups in total. The smallest absolute Gasteiger partial charge is 0.329 e. The third kappa shape index (κ3) is 4.48. The minimum absolute atomic E-state index is 0.135. The zero-order valence-corrected chi connectivity index (χ0v) is 11.6. The highest BCUT2D eigenvalue weighted by atomic mass is 16.6. The molecule has 1 aliphatic rings. The average Bonchev–Trinajstić information content (AvgIpc) is 2.52. The number of nitrogens with two attached hydrogens (primary N) is 1. The van der Waals surface area contributed by atoms with Crippen LogP contribution in [-0.4, -0.2) is 59.2 Å². The number of hydrogen-bond donors (Lipinski definition) is 3. The zero-order chi connectivity index (χ0) is 15.1. The van der Waals surface area contributed by atoms with Gasteiger partial charge in [0.2, 0.25) is 11.8 Å². The Balaban J connectivity index is 1.84. The van der Waals surface area contributed by atoms with E-state index in [1.165, 1.54) is 0 Å². The Bertz CT molecular complexity index is 479. The lowest BCUT2D eigenvalue weighted by Gasteiger charge is -2.26. The van der Waals surface area contributed by atoms with Crippen LogP contribution >= 0.6 is 0 Å². The van der Waals surface area contributed by atoms with Crippen LogP contribution in [0.3, 0.4) is 0 Å². The van der Waals surface area contributed by atoms with Crippen LogP contribution in [-0.2, 0) is 4.74 Å². The molecular weight excluding hydrogens is 278 g/mol. The van der Waals surface area contributed by atoms with Crippen LogP contribution in [0.2, 0.25) is 0 Å². The van der Waals surface area contributed by atoms with Gasteiger partial charge in [0, 0.05) is 19.6 Å². The quantitative estimate of drug-likeness (QED) is 0.271. The molecule has 0 aliphatic carbocycles. The molecule has 0 amide bonds. The maximum atomic E-state index is 10.9. The molecule has 0 unspecified atom stereocenters. The van der Waals surface area contributed by atoms with Gasteiger partial charge in [-0.3, -0.25) is 20.4 Å². The highest BCUT2D eigenvalue weighted by molar-refractivity contribution is 5.56. The van der Waals surface area contributed by atoms with Gasteiger partial charge in [-0.2, -0.15) is 4.98 Å². The van der Waals surface area contributed by atoms with Crippen molar-refractivity contribution in [3.05, 3.63) is 16.3 Å². The number of nitrogens with zero attached hydrogens (tertiary/aromatic N) is 4. The van der Waals surface area contributed by atoms with Crippen LogP contribution in [0.25, 0.3) is 0 Å². The summed E-state index contributed by atoms with van der Waals surface area (Å²) in [5.41, 5.74) is 2.10. The van der Waals surface area contributed by atoms with Crippen LogP contribution in [0.4, 0.5) is 17.5 Å². The normalized spacial score (nSPS) is 15.7. The average molecular weight is 297 g/mol. The van der Waals surface area contributed by atoms with Crippen molar-refractivity contribution in [3.63, 3.8) is 0 Å². The van der Waals surface area contributed by atoms with E-state index in [-0.39, 0.29) is 17.5 Å². The van der Waals surface area contributed by atoms with Crippen LogP contribution < -0.4 is 16.6 Å². The second-order valence-electron chi connectivity index (χ2n) is 4.56. The molecule has 1 fully saturated rings. The standard InChI is InChI=1S/C11H19N7O3/c12-16-11-14-8-9(18(19)20)10(15-11)13-2-1-3-17-4-6-21-7-5-17/h8H,1-7,12H2,(H2,13,14,15,16). The first-order valence-corrected chi connectivity index (χ1v) is 6.72.